The molecule has 1 aliphatic heterocycles. The van der Waals surface area contributed by atoms with Gasteiger partial charge in [-0.1, -0.05) is 19.4 Å². The molecule has 0 atom stereocenters. The number of anilines is 1. The highest BCUT2D eigenvalue weighted by molar-refractivity contribution is 7.89. The van der Waals surface area contributed by atoms with Crippen molar-refractivity contribution in [3.63, 3.8) is 0 Å². The number of thiazole rings is 1. The number of sulfonamides is 1. The lowest BCUT2D eigenvalue weighted by Gasteiger charge is -2.23. The summed E-state index contributed by atoms with van der Waals surface area (Å²) in [5.41, 5.74) is 1.53. The van der Waals surface area contributed by atoms with Gasteiger partial charge in [-0.05, 0) is 36.8 Å². The lowest BCUT2D eigenvalue weighted by Crippen LogP contribution is -2.32. The molecule has 3 aromatic rings. The van der Waals surface area contributed by atoms with Crippen molar-refractivity contribution < 1.29 is 22.0 Å². The number of nitrogens with zero attached hydrogens (tertiary/aromatic N) is 3. The smallest absolute Gasteiger partial charge is 0.258 e. The lowest BCUT2D eigenvalue weighted by atomic mass is 10.1. The predicted molar refractivity (Wildman–Crippen MR) is 129 cm³/mol. The molecule has 0 bridgehead atoms. The van der Waals surface area contributed by atoms with Gasteiger partial charge in [-0.2, -0.15) is 4.31 Å². The molecule has 4 rings (SSSR count). The van der Waals surface area contributed by atoms with Crippen molar-refractivity contribution in [1.29, 1.82) is 0 Å². The molecule has 2 aromatic carbocycles. The molecule has 178 valence electrons. The van der Waals surface area contributed by atoms with E-state index in [0.717, 1.165) is 18.6 Å². The van der Waals surface area contributed by atoms with Crippen LogP contribution >= 0.6 is 11.3 Å². The minimum absolute atomic E-state index is 0.00184. The van der Waals surface area contributed by atoms with Crippen molar-refractivity contribution in [2.24, 2.45) is 0 Å². The highest BCUT2D eigenvalue weighted by Gasteiger charge is 2.33. The number of unbranched alkanes of at least 4 members (excludes halogenated alkanes) is 1. The SMILES string of the molecule is CCCCN(Cc1ccc(F)cc1F)S(=O)(=O)c1ccc2c(c1)/C(=C\c1nccs1)C(=O)N2C. The van der Waals surface area contributed by atoms with Crippen LogP contribution in [0.2, 0.25) is 0 Å². The van der Waals surface area contributed by atoms with E-state index in [-0.39, 0.29) is 29.5 Å². The third-order valence-electron chi connectivity index (χ3n) is 5.63. The van der Waals surface area contributed by atoms with E-state index in [9.17, 15) is 22.0 Å². The Labute approximate surface area is 201 Å². The fraction of sp³-hybridized carbons (Fsp3) is 0.250. The molecule has 0 saturated carbocycles. The monoisotopic (exact) mass is 503 g/mol. The first-order valence-corrected chi connectivity index (χ1v) is 13.0. The normalized spacial score (nSPS) is 14.9. The second kappa shape index (κ2) is 9.73. The highest BCUT2D eigenvalue weighted by atomic mass is 32.2. The largest absolute Gasteiger partial charge is 0.311 e. The third kappa shape index (κ3) is 4.66. The van der Waals surface area contributed by atoms with Gasteiger partial charge in [0.25, 0.3) is 5.91 Å². The number of aromatic nitrogens is 1. The molecular formula is C24H23F2N3O3S2. The van der Waals surface area contributed by atoms with Crippen LogP contribution in [0.3, 0.4) is 0 Å². The molecule has 10 heteroatoms. The minimum atomic E-state index is -4.04. The van der Waals surface area contributed by atoms with E-state index in [2.05, 4.69) is 4.98 Å². The molecule has 2 heterocycles. The van der Waals surface area contributed by atoms with Crippen molar-refractivity contribution >= 4 is 44.6 Å². The molecule has 0 radical (unpaired) electrons. The maximum Gasteiger partial charge on any atom is 0.258 e. The average Bonchev–Trinajstić information content (AvgIpc) is 3.40. The molecule has 34 heavy (non-hydrogen) atoms. The molecule has 0 saturated heterocycles. The molecule has 0 spiro atoms. The van der Waals surface area contributed by atoms with Gasteiger partial charge in [-0.25, -0.2) is 22.2 Å². The van der Waals surface area contributed by atoms with Gasteiger partial charge < -0.3 is 4.90 Å². The van der Waals surface area contributed by atoms with Crippen LogP contribution in [0.1, 0.15) is 35.9 Å². The highest BCUT2D eigenvalue weighted by Crippen LogP contribution is 2.39. The zero-order valence-electron chi connectivity index (χ0n) is 18.7. The van der Waals surface area contributed by atoms with Crippen molar-refractivity contribution in [1.82, 2.24) is 9.29 Å². The summed E-state index contributed by atoms with van der Waals surface area (Å²) in [6.45, 7) is 1.87. The van der Waals surface area contributed by atoms with E-state index in [0.29, 0.717) is 28.3 Å². The van der Waals surface area contributed by atoms with Crippen LogP contribution in [-0.4, -0.2) is 37.2 Å². The number of halogens is 2. The topological polar surface area (TPSA) is 70.6 Å². The molecule has 1 aliphatic rings. The summed E-state index contributed by atoms with van der Waals surface area (Å²) in [6, 6.07) is 7.63. The Kier molecular flexibility index (Phi) is 6.92. The van der Waals surface area contributed by atoms with Gasteiger partial charge in [0.2, 0.25) is 10.0 Å². The molecule has 0 N–H and O–H groups in total. The van der Waals surface area contributed by atoms with Gasteiger partial charge in [0, 0.05) is 48.9 Å². The van der Waals surface area contributed by atoms with E-state index >= 15 is 0 Å². The van der Waals surface area contributed by atoms with Gasteiger partial charge in [0.15, 0.2) is 0 Å². The maximum absolute atomic E-state index is 14.3. The van der Waals surface area contributed by atoms with Crippen LogP contribution in [0, 0.1) is 11.6 Å². The first kappa shape index (κ1) is 24.2. The fourth-order valence-corrected chi connectivity index (χ4v) is 5.82. The molecule has 0 fully saturated rings. The number of rotatable bonds is 8. The van der Waals surface area contributed by atoms with E-state index in [4.69, 9.17) is 0 Å². The number of hydrogen-bond acceptors (Lipinski definition) is 5. The quantitative estimate of drug-likeness (QED) is 0.409. The Hall–Kier alpha value is -2.95. The summed E-state index contributed by atoms with van der Waals surface area (Å²) in [7, 11) is -2.41. The van der Waals surface area contributed by atoms with Crippen LogP contribution in [0.15, 0.2) is 52.9 Å². The standard InChI is InChI=1S/C24H23F2N3O3S2/c1-3-4-10-29(15-16-5-6-17(25)12-21(16)26)34(31,32)18-7-8-22-19(13-18)20(24(30)28(22)2)14-23-27-9-11-33-23/h5-9,11-14H,3-4,10,15H2,1-2H3/b20-14+. The lowest BCUT2D eigenvalue weighted by molar-refractivity contribution is -0.112. The van der Waals surface area contributed by atoms with Crippen LogP contribution in [0.5, 0.6) is 0 Å². The second-order valence-electron chi connectivity index (χ2n) is 7.90. The number of carbonyl (C=O) groups is 1. The Balaban J connectivity index is 1.74. The minimum Gasteiger partial charge on any atom is -0.311 e. The maximum atomic E-state index is 14.3. The number of benzene rings is 2. The number of hydrogen-bond donors (Lipinski definition) is 0. The van der Waals surface area contributed by atoms with Gasteiger partial charge >= 0.3 is 0 Å². The van der Waals surface area contributed by atoms with Crippen molar-refractivity contribution in [2.75, 3.05) is 18.5 Å². The number of carbonyl (C=O) groups excluding carboxylic acids is 1. The Morgan fingerprint density at radius 3 is 2.65 bits per heavy atom. The van der Waals surface area contributed by atoms with Gasteiger partial charge in [-0.3, -0.25) is 4.79 Å². The summed E-state index contributed by atoms with van der Waals surface area (Å²) in [4.78, 5) is 18.5. The van der Waals surface area contributed by atoms with Crippen molar-refractivity contribution in [2.45, 2.75) is 31.2 Å². The van der Waals surface area contributed by atoms with Crippen LogP contribution in [-0.2, 0) is 21.4 Å². The average molecular weight is 504 g/mol. The van der Waals surface area contributed by atoms with E-state index in [1.807, 2.05) is 6.92 Å². The Bertz CT molecular complexity index is 1360. The molecule has 6 nitrogen and oxygen atoms in total. The van der Waals surface area contributed by atoms with Crippen molar-refractivity contribution in [3.05, 3.63) is 75.7 Å². The summed E-state index contributed by atoms with van der Waals surface area (Å²) < 4.78 is 56.1. The first-order valence-electron chi connectivity index (χ1n) is 10.7. The van der Waals surface area contributed by atoms with E-state index in [1.165, 1.54) is 38.7 Å². The predicted octanol–water partition coefficient (Wildman–Crippen LogP) is 4.93. The Morgan fingerprint density at radius 2 is 1.97 bits per heavy atom. The zero-order valence-corrected chi connectivity index (χ0v) is 20.3. The second-order valence-corrected chi connectivity index (χ2v) is 10.8. The van der Waals surface area contributed by atoms with E-state index in [1.54, 1.807) is 30.8 Å². The molecule has 0 unspecified atom stereocenters. The third-order valence-corrected chi connectivity index (χ3v) is 8.20. The van der Waals surface area contributed by atoms with Gasteiger partial charge in [0.1, 0.15) is 16.6 Å². The zero-order chi connectivity index (χ0) is 24.5. The van der Waals surface area contributed by atoms with Crippen LogP contribution in [0.25, 0.3) is 11.6 Å². The summed E-state index contributed by atoms with van der Waals surface area (Å²) in [5.74, 6) is -1.78. The molecule has 0 aliphatic carbocycles. The number of amides is 1. The number of likely N-dealkylation sites (N-methyl/N-ethyl adjacent to an activating group) is 1. The molecular weight excluding hydrogens is 480 g/mol. The van der Waals surface area contributed by atoms with Crippen LogP contribution in [0.4, 0.5) is 14.5 Å². The van der Waals surface area contributed by atoms with E-state index < -0.39 is 21.7 Å². The molecule has 1 amide bonds. The number of fused-ring (bicyclic) bond motifs is 1. The fourth-order valence-electron chi connectivity index (χ4n) is 3.77. The Morgan fingerprint density at radius 1 is 1.18 bits per heavy atom. The summed E-state index contributed by atoms with van der Waals surface area (Å²) in [5, 5.41) is 2.42. The summed E-state index contributed by atoms with van der Waals surface area (Å²) in [6.07, 6.45) is 4.59. The van der Waals surface area contributed by atoms with Crippen molar-refractivity contribution in [3.8, 4) is 0 Å². The van der Waals surface area contributed by atoms with Gasteiger partial charge in [-0.15, -0.1) is 11.3 Å². The summed E-state index contributed by atoms with van der Waals surface area (Å²) >= 11 is 1.37. The van der Waals surface area contributed by atoms with Gasteiger partial charge in [0.05, 0.1) is 16.2 Å². The molecule has 1 aromatic heterocycles. The van der Waals surface area contributed by atoms with Crippen LogP contribution < -0.4 is 4.90 Å². The first-order chi connectivity index (χ1) is 16.2.